The van der Waals surface area contributed by atoms with Crippen LogP contribution in [0.5, 0.6) is 5.75 Å². The number of hydrogen-bond acceptors (Lipinski definition) is 13. The zero-order valence-corrected chi connectivity index (χ0v) is 76.4. The molecule has 5 amide bonds. The molecule has 120 heavy (non-hydrogen) atoms. The van der Waals surface area contributed by atoms with Crippen LogP contribution in [0.25, 0.3) is 21.5 Å². The summed E-state index contributed by atoms with van der Waals surface area (Å²) in [5.74, 6) is 0.952. The molecule has 0 spiro atoms. The van der Waals surface area contributed by atoms with E-state index in [0.717, 1.165) is 115 Å². The maximum absolute atomic E-state index is 13.4. The lowest BCUT2D eigenvalue weighted by atomic mass is 9.78. The molecule has 20 heteroatoms. The van der Waals surface area contributed by atoms with Crippen LogP contribution < -0.4 is 31.5 Å². The molecule has 3 unspecified atom stereocenters. The van der Waals surface area contributed by atoms with Gasteiger partial charge in [0.1, 0.15) is 43.4 Å². The van der Waals surface area contributed by atoms with Crippen molar-refractivity contribution in [3.8, 4) is 5.75 Å². The second kappa shape index (κ2) is 41.5. The molecule has 3 atom stereocenters. The van der Waals surface area contributed by atoms with Crippen LogP contribution in [0.2, 0.25) is 0 Å². The summed E-state index contributed by atoms with van der Waals surface area (Å²) in [5.41, 5.74) is 10.4. The van der Waals surface area contributed by atoms with Crippen LogP contribution in [0, 0.1) is 40.9 Å². The summed E-state index contributed by atoms with van der Waals surface area (Å²) in [4.78, 5) is 67.7. The first kappa shape index (κ1) is 94.5. The highest BCUT2D eigenvalue weighted by molar-refractivity contribution is 6.32. The molecule has 19 nitrogen and oxygen atoms in total. The van der Waals surface area contributed by atoms with Crippen molar-refractivity contribution in [1.29, 1.82) is 0 Å². The molecule has 9 rings (SSSR count). The van der Waals surface area contributed by atoms with E-state index in [1.165, 1.54) is 62.6 Å². The third-order valence-electron chi connectivity index (χ3n) is 24.7. The summed E-state index contributed by atoms with van der Waals surface area (Å²) in [6.45, 7) is 44.4. The highest BCUT2D eigenvalue weighted by Crippen LogP contribution is 2.52. The van der Waals surface area contributed by atoms with Crippen molar-refractivity contribution in [2.45, 2.75) is 250 Å². The summed E-state index contributed by atoms with van der Waals surface area (Å²) in [6, 6.07) is 36.7. The van der Waals surface area contributed by atoms with Crippen LogP contribution in [-0.4, -0.2) is 112 Å². The van der Waals surface area contributed by atoms with Gasteiger partial charge >= 0.3 is 30.5 Å². The van der Waals surface area contributed by atoms with E-state index in [4.69, 9.17) is 40.0 Å². The summed E-state index contributed by atoms with van der Waals surface area (Å²) in [7, 11) is 1.76. The fraction of sp³-hybridized carbons (Fsp3) is 0.540. The van der Waals surface area contributed by atoms with Crippen molar-refractivity contribution in [2.24, 2.45) is 34.0 Å². The first-order valence-corrected chi connectivity index (χ1v) is 44.0. The van der Waals surface area contributed by atoms with Gasteiger partial charge in [-0.1, -0.05) is 192 Å². The van der Waals surface area contributed by atoms with E-state index >= 15 is 0 Å². The number of amides is 5. The Balaban J connectivity index is 0.657. The lowest BCUT2D eigenvalue weighted by Gasteiger charge is -2.29. The standard InChI is InChI=1S/C100H138ClN7O12/c1-21-48-94(6,7)62-67(2)46-52-103-92(113)119-99(16,17)77-37-39-78(40-38-77)100(18,19)120-93(114)104-53-47-69(4)64-96(10,11)50-55-106-91(112)118-66-76-61-79(109)60-75(70(76)5)65-117-90(111)105-54-49-95(8,9)63-68(3)45-51-102-89(110)116-59-57-108-83-42-34-72-28-23-25-32-81(72)87(83)98(14,15)85(108)44-36-74-30-26-29-73(88(74)101)35-43-84-97(12,13)86-80-31-24-22-27-71(80)33-41-82(86)107(84)56-58-115-20/h22-25,27-28,31-44,60-61,67-69H,21,26,29-30,45-59,62-66H2,1-20H3,(H5-,102,103,104,105,106,109,110,111,112,113,114)/p+1. The maximum Gasteiger partial charge on any atom is 0.408 e. The largest absolute Gasteiger partial charge is 0.508 e. The minimum absolute atomic E-state index is 0.0462. The van der Waals surface area contributed by atoms with Crippen LogP contribution in [-0.2, 0) is 63.7 Å². The number of carbonyl (C=O) groups is 5. The predicted octanol–water partition coefficient (Wildman–Crippen LogP) is 23.3. The van der Waals surface area contributed by atoms with Crippen LogP contribution >= 0.6 is 11.6 Å². The Kier molecular flexibility index (Phi) is 32.7. The number of phenols is 1. The van der Waals surface area contributed by atoms with E-state index in [-0.39, 0.29) is 64.5 Å². The van der Waals surface area contributed by atoms with Crippen LogP contribution in [0.3, 0.4) is 0 Å². The molecule has 0 aromatic heterocycles. The minimum Gasteiger partial charge on any atom is -0.508 e. The molecule has 0 fully saturated rings. The van der Waals surface area contributed by atoms with Crippen molar-refractivity contribution in [3.63, 3.8) is 0 Å². The van der Waals surface area contributed by atoms with Crippen LogP contribution in [0.1, 0.15) is 247 Å². The first-order chi connectivity index (χ1) is 56.6. The summed E-state index contributed by atoms with van der Waals surface area (Å²) in [5, 5.41) is 31.0. The van der Waals surface area contributed by atoms with Gasteiger partial charge in [-0.05, 0) is 256 Å². The van der Waals surface area contributed by atoms with E-state index in [1.807, 2.05) is 58.9 Å². The van der Waals surface area contributed by atoms with Gasteiger partial charge in [-0.15, -0.1) is 0 Å². The Bertz CT molecular complexity index is 4740. The summed E-state index contributed by atoms with van der Waals surface area (Å²) < 4.78 is 37.0. The number of alkyl carbamates (subject to hydrolysis) is 5. The van der Waals surface area contributed by atoms with Crippen molar-refractivity contribution >= 4 is 80.7 Å². The fourth-order valence-electron chi connectivity index (χ4n) is 18.4. The molecule has 1 aliphatic carbocycles. The molecule has 0 bridgehead atoms. The molecule has 2 aliphatic heterocycles. The number of methoxy groups -OCH3 is 1. The maximum atomic E-state index is 13.4. The SMILES string of the molecule is CCCC(C)(C)CC(C)CCNC(=O)OC(C)(C)c1ccc(C(C)(C)OC(=O)NCCC(C)CC(C)(C)CCNC(=O)OCc2cc(O)cc(COC(=O)NCCC(C)(C)CC(C)CCNC(=O)OCCN3C(=CC=C4CCCC(C=CC5=[N+](CCOC)c6ccc7ccccc7c6C5(C)C)=C4Cl)C(C)(C)c4c3ccc3ccccc43)c2C)cc1. The van der Waals surface area contributed by atoms with Crippen molar-refractivity contribution in [2.75, 3.05) is 71.0 Å². The normalized spacial score (nSPS) is 16.3. The van der Waals surface area contributed by atoms with Gasteiger partial charge in [0.25, 0.3) is 0 Å². The molecule has 0 saturated carbocycles. The van der Waals surface area contributed by atoms with Crippen molar-refractivity contribution < 1.29 is 62.1 Å². The lowest BCUT2D eigenvalue weighted by molar-refractivity contribution is -0.441. The minimum atomic E-state index is -0.931. The highest BCUT2D eigenvalue weighted by atomic mass is 35.5. The zero-order valence-electron chi connectivity index (χ0n) is 75.6. The average Bonchev–Trinajstić information content (AvgIpc) is 1.58. The summed E-state index contributed by atoms with van der Waals surface area (Å²) >= 11 is 7.47. The number of carbonyl (C=O) groups excluding carboxylic acids is 5. The fourth-order valence-corrected chi connectivity index (χ4v) is 18.7. The second-order valence-electron chi connectivity index (χ2n) is 38.3. The van der Waals surface area contributed by atoms with Gasteiger partial charge < -0.3 is 65.0 Å². The van der Waals surface area contributed by atoms with E-state index < -0.39 is 41.7 Å². The first-order valence-electron chi connectivity index (χ1n) is 43.7. The second-order valence-corrected chi connectivity index (χ2v) is 38.7. The summed E-state index contributed by atoms with van der Waals surface area (Å²) in [6.07, 6.45) is 17.9. The number of halogens is 1. The number of hydrogen-bond donors (Lipinski definition) is 6. The molecule has 6 aromatic rings. The number of phenolic OH excluding ortho intramolecular Hbond substituents is 1. The average molecular weight is 1670 g/mol. The number of nitrogens with zero attached hydrogens (tertiary/aromatic N) is 2. The number of allylic oxidation sites excluding steroid dienone is 8. The Morgan fingerprint density at radius 3 is 1.53 bits per heavy atom. The molecule has 0 radical (unpaired) electrons. The van der Waals surface area contributed by atoms with Gasteiger partial charge in [0.05, 0.1) is 12.0 Å². The number of benzene rings is 6. The Morgan fingerprint density at radius 2 is 1.02 bits per heavy atom. The highest BCUT2D eigenvalue weighted by Gasteiger charge is 2.46. The molecule has 652 valence electrons. The monoisotopic (exact) mass is 1670 g/mol. The smallest absolute Gasteiger partial charge is 0.408 e. The van der Waals surface area contributed by atoms with Crippen molar-refractivity contribution in [1.82, 2.24) is 26.6 Å². The molecular weight excluding hydrogens is 1530 g/mol. The van der Waals surface area contributed by atoms with E-state index in [9.17, 15) is 29.1 Å². The van der Waals surface area contributed by atoms with E-state index in [1.54, 1.807) is 7.11 Å². The van der Waals surface area contributed by atoms with E-state index in [0.29, 0.717) is 75.8 Å². The third-order valence-corrected chi connectivity index (χ3v) is 25.2. The van der Waals surface area contributed by atoms with Gasteiger partial charge in [-0.3, -0.25) is 0 Å². The molecule has 3 aliphatic rings. The molecular formula is C100H139ClN7O12+. The topological polar surface area (TPSA) is 227 Å². The number of ether oxygens (including phenoxy) is 6. The quantitative estimate of drug-likeness (QED) is 0.0156. The Labute approximate surface area is 720 Å². The predicted molar refractivity (Wildman–Crippen MR) is 486 cm³/mol. The number of nitrogens with one attached hydrogen (secondary N) is 5. The van der Waals surface area contributed by atoms with Gasteiger partial charge in [0.15, 0.2) is 12.3 Å². The van der Waals surface area contributed by atoms with Crippen LogP contribution in [0.15, 0.2) is 155 Å². The Hall–Kier alpha value is -9.33. The van der Waals surface area contributed by atoms with Gasteiger partial charge in [0, 0.05) is 79.4 Å². The molecule has 2 heterocycles. The van der Waals surface area contributed by atoms with Gasteiger partial charge in [-0.2, -0.15) is 4.58 Å². The number of fused-ring (bicyclic) bond motifs is 6. The Morgan fingerprint density at radius 1 is 0.558 bits per heavy atom. The molecule has 0 saturated heterocycles. The number of anilines is 1. The number of aromatic hydroxyl groups is 1. The van der Waals surface area contributed by atoms with E-state index in [2.05, 4.69) is 230 Å². The lowest BCUT2D eigenvalue weighted by Crippen LogP contribution is -2.35. The molecule has 6 aromatic carbocycles. The number of rotatable bonds is 40. The zero-order chi connectivity index (χ0) is 87.5. The van der Waals surface area contributed by atoms with Gasteiger partial charge in [-0.25, -0.2) is 24.0 Å². The third kappa shape index (κ3) is 25.6. The van der Waals surface area contributed by atoms with Gasteiger partial charge in [0.2, 0.25) is 5.69 Å². The van der Waals surface area contributed by atoms with Crippen LogP contribution in [0.4, 0.5) is 35.3 Å². The van der Waals surface area contributed by atoms with Crippen molar-refractivity contribution in [3.05, 3.63) is 194 Å². The molecule has 6 N–H and O–H groups in total.